The summed E-state index contributed by atoms with van der Waals surface area (Å²) in [5.41, 5.74) is 2.68. The van der Waals surface area contributed by atoms with Crippen LogP contribution in [0.15, 0.2) is 24.7 Å². The second-order valence-corrected chi connectivity index (χ2v) is 4.40. The first-order valence-electron chi connectivity index (χ1n) is 5.34. The van der Waals surface area contributed by atoms with E-state index in [0.29, 0.717) is 11.4 Å². The first kappa shape index (κ1) is 12.1. The second kappa shape index (κ2) is 4.85. The van der Waals surface area contributed by atoms with E-state index in [1.165, 1.54) is 0 Å². The summed E-state index contributed by atoms with van der Waals surface area (Å²) in [5, 5.41) is 14.8. The minimum Gasteiger partial charge on any atom is -0.388 e. The SMILES string of the molecule is Cc1c(C(O)Cc2ccncc2Cl)cnn1C. The van der Waals surface area contributed by atoms with Crippen LogP contribution in [0, 0.1) is 6.92 Å². The van der Waals surface area contributed by atoms with Crippen molar-refractivity contribution in [2.24, 2.45) is 7.05 Å². The lowest BCUT2D eigenvalue weighted by atomic mass is 10.0. The Morgan fingerprint density at radius 2 is 2.24 bits per heavy atom. The van der Waals surface area contributed by atoms with E-state index in [2.05, 4.69) is 10.1 Å². The van der Waals surface area contributed by atoms with Gasteiger partial charge in [-0.25, -0.2) is 0 Å². The number of hydrogen-bond acceptors (Lipinski definition) is 3. The lowest BCUT2D eigenvalue weighted by molar-refractivity contribution is 0.177. The molecule has 2 aromatic rings. The molecule has 5 heteroatoms. The summed E-state index contributed by atoms with van der Waals surface area (Å²) in [4.78, 5) is 3.92. The molecule has 2 heterocycles. The molecule has 1 unspecified atom stereocenters. The van der Waals surface area contributed by atoms with Gasteiger partial charge in [0.25, 0.3) is 0 Å². The Morgan fingerprint density at radius 3 is 2.82 bits per heavy atom. The minimum absolute atomic E-state index is 0.466. The van der Waals surface area contributed by atoms with Crippen LogP contribution < -0.4 is 0 Å². The highest BCUT2D eigenvalue weighted by Crippen LogP contribution is 2.24. The molecule has 0 aromatic carbocycles. The molecule has 0 aliphatic carbocycles. The lowest BCUT2D eigenvalue weighted by Crippen LogP contribution is -2.04. The maximum Gasteiger partial charge on any atom is 0.0864 e. The smallest absolute Gasteiger partial charge is 0.0864 e. The molecule has 0 fully saturated rings. The Balaban J connectivity index is 2.20. The lowest BCUT2D eigenvalue weighted by Gasteiger charge is -2.11. The number of nitrogens with zero attached hydrogens (tertiary/aromatic N) is 3. The van der Waals surface area contributed by atoms with Crippen LogP contribution in [0.4, 0.5) is 0 Å². The van der Waals surface area contributed by atoms with Crippen LogP contribution in [-0.4, -0.2) is 19.9 Å². The highest BCUT2D eigenvalue weighted by Gasteiger charge is 2.15. The van der Waals surface area contributed by atoms with Gasteiger partial charge < -0.3 is 5.11 Å². The fourth-order valence-electron chi connectivity index (χ4n) is 1.73. The van der Waals surface area contributed by atoms with Crippen molar-refractivity contribution in [1.82, 2.24) is 14.8 Å². The third kappa shape index (κ3) is 2.48. The van der Waals surface area contributed by atoms with E-state index in [1.807, 2.05) is 20.0 Å². The topological polar surface area (TPSA) is 50.9 Å². The third-order valence-electron chi connectivity index (χ3n) is 2.90. The Labute approximate surface area is 105 Å². The van der Waals surface area contributed by atoms with E-state index < -0.39 is 6.10 Å². The van der Waals surface area contributed by atoms with E-state index in [9.17, 15) is 5.11 Å². The minimum atomic E-state index is -0.594. The average Bonchev–Trinajstić information content (AvgIpc) is 2.63. The predicted octanol–water partition coefficient (Wildman–Crippen LogP) is 2.05. The molecule has 0 amide bonds. The van der Waals surface area contributed by atoms with Gasteiger partial charge in [-0.1, -0.05) is 11.6 Å². The summed E-state index contributed by atoms with van der Waals surface area (Å²) in [6, 6.07) is 1.82. The van der Waals surface area contributed by atoms with Gasteiger partial charge in [0.1, 0.15) is 0 Å². The van der Waals surface area contributed by atoms with Crippen LogP contribution in [-0.2, 0) is 13.5 Å². The molecule has 2 aromatic heterocycles. The molecule has 1 N–H and O–H groups in total. The standard InChI is InChI=1S/C12H14ClN3O/c1-8-10(6-15-16(8)2)12(17)5-9-3-4-14-7-11(9)13/h3-4,6-7,12,17H,5H2,1-2H3. The predicted molar refractivity (Wildman–Crippen MR) is 65.9 cm³/mol. The molecule has 17 heavy (non-hydrogen) atoms. The number of hydrogen-bond donors (Lipinski definition) is 1. The van der Waals surface area contributed by atoms with Gasteiger partial charge in [-0.15, -0.1) is 0 Å². The first-order valence-corrected chi connectivity index (χ1v) is 5.72. The van der Waals surface area contributed by atoms with Crippen LogP contribution in [0.25, 0.3) is 0 Å². The highest BCUT2D eigenvalue weighted by molar-refractivity contribution is 6.31. The number of aryl methyl sites for hydroxylation is 1. The molecular weight excluding hydrogens is 238 g/mol. The van der Waals surface area contributed by atoms with Crippen LogP contribution in [0.3, 0.4) is 0 Å². The Hall–Kier alpha value is -1.39. The van der Waals surface area contributed by atoms with Gasteiger partial charge >= 0.3 is 0 Å². The second-order valence-electron chi connectivity index (χ2n) is 4.00. The van der Waals surface area contributed by atoms with Crippen molar-refractivity contribution in [1.29, 1.82) is 0 Å². The van der Waals surface area contributed by atoms with Crippen molar-refractivity contribution in [3.63, 3.8) is 0 Å². The Morgan fingerprint density at radius 1 is 1.47 bits per heavy atom. The van der Waals surface area contributed by atoms with Crippen molar-refractivity contribution >= 4 is 11.6 Å². The third-order valence-corrected chi connectivity index (χ3v) is 3.24. The van der Waals surface area contributed by atoms with Gasteiger partial charge in [0.05, 0.1) is 17.3 Å². The summed E-state index contributed by atoms with van der Waals surface area (Å²) < 4.78 is 1.74. The fourth-order valence-corrected chi connectivity index (χ4v) is 1.93. The molecule has 0 aliphatic rings. The van der Waals surface area contributed by atoms with Crippen molar-refractivity contribution < 1.29 is 5.11 Å². The maximum atomic E-state index is 10.2. The number of halogens is 1. The van der Waals surface area contributed by atoms with Crippen molar-refractivity contribution in [3.05, 3.63) is 46.5 Å². The molecule has 0 saturated heterocycles. The molecule has 0 saturated carbocycles. The van der Waals surface area contributed by atoms with Gasteiger partial charge in [0, 0.05) is 37.1 Å². The molecule has 1 atom stereocenters. The van der Waals surface area contributed by atoms with E-state index in [4.69, 9.17) is 11.6 Å². The molecule has 90 valence electrons. The summed E-state index contributed by atoms with van der Waals surface area (Å²) in [7, 11) is 1.85. The molecular formula is C12H14ClN3O. The number of rotatable bonds is 3. The van der Waals surface area contributed by atoms with Crippen molar-refractivity contribution in [2.75, 3.05) is 0 Å². The Kier molecular flexibility index (Phi) is 3.45. The van der Waals surface area contributed by atoms with Crippen LogP contribution in [0.5, 0.6) is 0 Å². The molecule has 0 radical (unpaired) electrons. The van der Waals surface area contributed by atoms with E-state index >= 15 is 0 Å². The van der Waals surface area contributed by atoms with Gasteiger partial charge in [-0.05, 0) is 18.6 Å². The zero-order chi connectivity index (χ0) is 12.4. The van der Waals surface area contributed by atoms with E-state index in [-0.39, 0.29) is 0 Å². The monoisotopic (exact) mass is 251 g/mol. The number of aromatic nitrogens is 3. The van der Waals surface area contributed by atoms with Crippen LogP contribution in [0.1, 0.15) is 22.9 Å². The summed E-state index contributed by atoms with van der Waals surface area (Å²) in [5.74, 6) is 0. The maximum absolute atomic E-state index is 10.2. The molecule has 0 spiro atoms. The molecule has 2 rings (SSSR count). The van der Waals surface area contributed by atoms with Crippen molar-refractivity contribution in [2.45, 2.75) is 19.4 Å². The molecule has 0 aliphatic heterocycles. The normalized spacial score (nSPS) is 12.7. The molecule has 4 nitrogen and oxygen atoms in total. The zero-order valence-electron chi connectivity index (χ0n) is 9.76. The first-order chi connectivity index (χ1) is 8.09. The summed E-state index contributed by atoms with van der Waals surface area (Å²) >= 11 is 6.01. The summed E-state index contributed by atoms with van der Waals surface area (Å²) in [6.07, 6.45) is 4.82. The number of pyridine rings is 1. The highest BCUT2D eigenvalue weighted by atomic mass is 35.5. The largest absolute Gasteiger partial charge is 0.388 e. The quantitative estimate of drug-likeness (QED) is 0.908. The average molecular weight is 252 g/mol. The van der Waals surface area contributed by atoms with Crippen molar-refractivity contribution in [3.8, 4) is 0 Å². The molecule has 0 bridgehead atoms. The van der Waals surface area contributed by atoms with Gasteiger partial charge in [-0.2, -0.15) is 5.10 Å². The van der Waals surface area contributed by atoms with Crippen LogP contribution in [0.2, 0.25) is 5.02 Å². The van der Waals surface area contributed by atoms with Gasteiger partial charge in [0.15, 0.2) is 0 Å². The summed E-state index contributed by atoms with van der Waals surface area (Å²) in [6.45, 7) is 1.93. The van der Waals surface area contributed by atoms with Crippen LogP contribution >= 0.6 is 11.6 Å². The zero-order valence-corrected chi connectivity index (χ0v) is 10.5. The van der Waals surface area contributed by atoms with Gasteiger partial charge in [-0.3, -0.25) is 9.67 Å². The fraction of sp³-hybridized carbons (Fsp3) is 0.333. The number of aliphatic hydroxyl groups is 1. The number of aliphatic hydroxyl groups excluding tert-OH is 1. The van der Waals surface area contributed by atoms with Gasteiger partial charge in [0.2, 0.25) is 0 Å². The van der Waals surface area contributed by atoms with E-state index in [1.54, 1.807) is 23.3 Å². The Bertz CT molecular complexity index is 524. The van der Waals surface area contributed by atoms with E-state index in [0.717, 1.165) is 16.8 Å².